The van der Waals surface area contributed by atoms with Crippen LogP contribution in [0.3, 0.4) is 0 Å². The molecule has 1 N–H and O–H groups in total. The largest absolute Gasteiger partial charge is 0.362 e. The molecule has 1 unspecified atom stereocenters. The van der Waals surface area contributed by atoms with Crippen LogP contribution in [0.15, 0.2) is 4.99 Å². The SMILES string of the molecule is CCC1CCSC(=NCCCCCCSC)N1. The van der Waals surface area contributed by atoms with Crippen molar-refractivity contribution in [1.82, 2.24) is 5.32 Å². The summed E-state index contributed by atoms with van der Waals surface area (Å²) in [7, 11) is 0. The average molecular weight is 274 g/mol. The predicted octanol–water partition coefficient (Wildman–Crippen LogP) is 3.77. The van der Waals surface area contributed by atoms with Crippen LogP contribution in [0, 0.1) is 0 Å². The fraction of sp³-hybridized carbons (Fsp3) is 0.923. The van der Waals surface area contributed by atoms with E-state index in [0.717, 1.165) is 6.54 Å². The third-order valence-electron chi connectivity index (χ3n) is 3.04. The summed E-state index contributed by atoms with van der Waals surface area (Å²) in [5.41, 5.74) is 0. The molecule has 17 heavy (non-hydrogen) atoms. The van der Waals surface area contributed by atoms with Crippen molar-refractivity contribution in [2.24, 2.45) is 4.99 Å². The third-order valence-corrected chi connectivity index (χ3v) is 4.69. The fourth-order valence-electron chi connectivity index (χ4n) is 1.88. The molecule has 0 radical (unpaired) electrons. The molecule has 0 aromatic rings. The van der Waals surface area contributed by atoms with E-state index in [1.165, 1.54) is 55.2 Å². The summed E-state index contributed by atoms with van der Waals surface area (Å²) in [4.78, 5) is 4.66. The van der Waals surface area contributed by atoms with Crippen molar-refractivity contribution in [3.05, 3.63) is 0 Å². The van der Waals surface area contributed by atoms with Crippen LogP contribution in [-0.2, 0) is 0 Å². The number of nitrogens with zero attached hydrogens (tertiary/aromatic N) is 1. The van der Waals surface area contributed by atoms with Crippen LogP contribution in [-0.4, -0.2) is 35.5 Å². The normalized spacial score (nSPS) is 22.7. The Bertz CT molecular complexity index is 219. The van der Waals surface area contributed by atoms with Gasteiger partial charge in [0.1, 0.15) is 0 Å². The maximum atomic E-state index is 4.66. The molecule has 0 saturated carbocycles. The highest BCUT2D eigenvalue weighted by atomic mass is 32.2. The number of hydrogen-bond acceptors (Lipinski definition) is 3. The lowest BCUT2D eigenvalue weighted by Crippen LogP contribution is -2.37. The Morgan fingerprint density at radius 1 is 1.35 bits per heavy atom. The van der Waals surface area contributed by atoms with Crippen LogP contribution in [0.5, 0.6) is 0 Å². The zero-order valence-corrected chi connectivity index (χ0v) is 12.8. The molecule has 2 nitrogen and oxygen atoms in total. The maximum Gasteiger partial charge on any atom is 0.156 e. The van der Waals surface area contributed by atoms with Crippen LogP contribution in [0.1, 0.15) is 45.4 Å². The first-order valence-corrected chi connectivity index (χ1v) is 9.17. The molecule has 0 bridgehead atoms. The van der Waals surface area contributed by atoms with E-state index in [0.29, 0.717) is 6.04 Å². The summed E-state index contributed by atoms with van der Waals surface area (Å²) in [6.07, 6.45) is 9.99. The number of nitrogens with one attached hydrogen (secondary N) is 1. The molecule has 1 saturated heterocycles. The van der Waals surface area contributed by atoms with Crippen molar-refractivity contribution >= 4 is 28.7 Å². The van der Waals surface area contributed by atoms with E-state index >= 15 is 0 Å². The topological polar surface area (TPSA) is 24.4 Å². The lowest BCUT2D eigenvalue weighted by atomic mass is 10.2. The zero-order chi connectivity index (χ0) is 12.3. The summed E-state index contributed by atoms with van der Waals surface area (Å²) in [6, 6.07) is 0.663. The van der Waals surface area contributed by atoms with Gasteiger partial charge in [-0.2, -0.15) is 11.8 Å². The first-order valence-electron chi connectivity index (χ1n) is 6.79. The molecular weight excluding hydrogens is 248 g/mol. The average Bonchev–Trinajstić information content (AvgIpc) is 2.38. The van der Waals surface area contributed by atoms with Gasteiger partial charge in [0.2, 0.25) is 0 Å². The van der Waals surface area contributed by atoms with Crippen LogP contribution >= 0.6 is 23.5 Å². The Labute approximate surface area is 115 Å². The first kappa shape index (κ1) is 15.2. The van der Waals surface area contributed by atoms with E-state index in [1.54, 1.807) is 0 Å². The Kier molecular flexibility index (Phi) is 9.07. The number of rotatable bonds is 8. The number of hydrogen-bond donors (Lipinski definition) is 1. The van der Waals surface area contributed by atoms with Crippen LogP contribution in [0.4, 0.5) is 0 Å². The van der Waals surface area contributed by atoms with E-state index in [4.69, 9.17) is 0 Å². The molecule has 1 aliphatic heterocycles. The fourth-order valence-corrected chi connectivity index (χ4v) is 3.40. The first-order chi connectivity index (χ1) is 8.36. The van der Waals surface area contributed by atoms with Gasteiger partial charge in [-0.25, -0.2) is 0 Å². The second-order valence-corrected chi connectivity index (χ2v) is 6.55. The minimum absolute atomic E-state index is 0.663. The Morgan fingerprint density at radius 3 is 2.94 bits per heavy atom. The van der Waals surface area contributed by atoms with Gasteiger partial charge in [-0.05, 0) is 37.7 Å². The molecular formula is C13H26N2S2. The van der Waals surface area contributed by atoms with Crippen molar-refractivity contribution in [3.8, 4) is 0 Å². The minimum atomic E-state index is 0.663. The zero-order valence-electron chi connectivity index (χ0n) is 11.2. The molecule has 0 amide bonds. The molecule has 4 heteroatoms. The molecule has 100 valence electrons. The van der Waals surface area contributed by atoms with Gasteiger partial charge in [-0.15, -0.1) is 0 Å². The van der Waals surface area contributed by atoms with Gasteiger partial charge in [0.05, 0.1) is 0 Å². The van der Waals surface area contributed by atoms with Crippen molar-refractivity contribution in [2.45, 2.75) is 51.5 Å². The van der Waals surface area contributed by atoms with Crippen molar-refractivity contribution in [3.63, 3.8) is 0 Å². The van der Waals surface area contributed by atoms with Gasteiger partial charge in [0, 0.05) is 18.3 Å². The molecule has 0 aromatic heterocycles. The summed E-state index contributed by atoms with van der Waals surface area (Å²) < 4.78 is 0. The molecule has 1 aliphatic rings. The second-order valence-electron chi connectivity index (χ2n) is 4.48. The van der Waals surface area contributed by atoms with Gasteiger partial charge in [-0.1, -0.05) is 31.5 Å². The van der Waals surface area contributed by atoms with Crippen molar-refractivity contribution in [1.29, 1.82) is 0 Å². The summed E-state index contributed by atoms with van der Waals surface area (Å²) in [5.74, 6) is 2.54. The Balaban J connectivity index is 2.03. The van der Waals surface area contributed by atoms with Crippen molar-refractivity contribution in [2.75, 3.05) is 24.3 Å². The number of thioether (sulfide) groups is 2. The number of amidine groups is 1. The molecule has 0 spiro atoms. The van der Waals surface area contributed by atoms with Gasteiger partial charge >= 0.3 is 0 Å². The summed E-state index contributed by atoms with van der Waals surface area (Å²) in [5, 5.41) is 4.71. The minimum Gasteiger partial charge on any atom is -0.362 e. The molecule has 1 rings (SSSR count). The summed E-state index contributed by atoms with van der Waals surface area (Å²) in [6.45, 7) is 3.25. The van der Waals surface area contributed by atoms with E-state index in [9.17, 15) is 0 Å². The maximum absolute atomic E-state index is 4.66. The van der Waals surface area contributed by atoms with E-state index in [1.807, 2.05) is 23.5 Å². The number of unbranched alkanes of at least 4 members (excludes halogenated alkanes) is 3. The Morgan fingerprint density at radius 2 is 2.18 bits per heavy atom. The molecule has 0 aliphatic carbocycles. The smallest absolute Gasteiger partial charge is 0.156 e. The molecule has 1 fully saturated rings. The van der Waals surface area contributed by atoms with Gasteiger partial charge < -0.3 is 5.32 Å². The highest BCUT2D eigenvalue weighted by Crippen LogP contribution is 2.15. The quantitative estimate of drug-likeness (QED) is 0.682. The van der Waals surface area contributed by atoms with E-state index in [-0.39, 0.29) is 0 Å². The lowest BCUT2D eigenvalue weighted by Gasteiger charge is -2.24. The van der Waals surface area contributed by atoms with E-state index in [2.05, 4.69) is 23.5 Å². The van der Waals surface area contributed by atoms with Crippen LogP contribution in [0.2, 0.25) is 0 Å². The molecule has 1 heterocycles. The van der Waals surface area contributed by atoms with Gasteiger partial charge in [-0.3, -0.25) is 4.99 Å². The monoisotopic (exact) mass is 274 g/mol. The molecule has 0 aromatic carbocycles. The summed E-state index contributed by atoms with van der Waals surface area (Å²) >= 11 is 3.84. The number of aliphatic imine (C=N–C) groups is 1. The van der Waals surface area contributed by atoms with E-state index < -0.39 is 0 Å². The van der Waals surface area contributed by atoms with Crippen LogP contribution in [0.25, 0.3) is 0 Å². The lowest BCUT2D eigenvalue weighted by molar-refractivity contribution is 0.570. The highest BCUT2D eigenvalue weighted by Gasteiger charge is 2.14. The van der Waals surface area contributed by atoms with Gasteiger partial charge in [0.25, 0.3) is 0 Å². The van der Waals surface area contributed by atoms with Gasteiger partial charge in [0.15, 0.2) is 5.17 Å². The Hall–Kier alpha value is 0.170. The van der Waals surface area contributed by atoms with Crippen molar-refractivity contribution < 1.29 is 0 Å². The highest BCUT2D eigenvalue weighted by molar-refractivity contribution is 8.13. The standard InChI is InChI=1S/C13H26N2S2/c1-3-12-8-11-17-13(15-12)14-9-6-4-5-7-10-16-2/h12H,3-11H2,1-2H3,(H,14,15). The molecule has 1 atom stereocenters. The second kappa shape index (κ2) is 10.1. The predicted molar refractivity (Wildman–Crippen MR) is 83.4 cm³/mol. The van der Waals surface area contributed by atoms with Crippen LogP contribution < -0.4 is 5.32 Å². The third kappa shape index (κ3) is 7.24.